The molecule has 5 heteroatoms. The van der Waals surface area contributed by atoms with Gasteiger partial charge in [0.15, 0.2) is 0 Å². The Bertz CT molecular complexity index is 202. The Hall–Kier alpha value is -0.810. The number of rotatable bonds is 5. The fourth-order valence-corrected chi connectivity index (χ4v) is 1.69. The van der Waals surface area contributed by atoms with Crippen LogP contribution in [0.1, 0.15) is 32.6 Å². The van der Waals surface area contributed by atoms with Crippen LogP contribution in [0, 0.1) is 5.92 Å². The molecule has 0 amide bonds. The zero-order valence-corrected chi connectivity index (χ0v) is 10.2. The Morgan fingerprint density at radius 1 is 1.44 bits per heavy atom. The maximum Gasteiger partial charge on any atom is 0.205 e. The van der Waals surface area contributed by atoms with Gasteiger partial charge in [-0.3, -0.25) is 10.4 Å². The summed E-state index contributed by atoms with van der Waals surface area (Å²) in [6.07, 6.45) is 4.52. The molecule has 0 aromatic heterocycles. The van der Waals surface area contributed by atoms with E-state index in [0.29, 0.717) is 11.9 Å². The molecule has 1 rings (SSSR count). The molecule has 1 heterocycles. The summed E-state index contributed by atoms with van der Waals surface area (Å²) in [6.45, 7) is 5.66. The minimum absolute atomic E-state index is 0.644. The lowest BCUT2D eigenvalue weighted by Gasteiger charge is -2.20. The predicted molar refractivity (Wildman–Crippen MR) is 66.1 cm³/mol. The van der Waals surface area contributed by atoms with E-state index in [1.807, 2.05) is 0 Å². The molecule has 0 aromatic rings. The van der Waals surface area contributed by atoms with Gasteiger partial charge >= 0.3 is 0 Å². The van der Waals surface area contributed by atoms with E-state index in [-0.39, 0.29) is 0 Å². The number of aliphatic imine (C=N–C) groups is 1. The Morgan fingerprint density at radius 2 is 2.19 bits per heavy atom. The van der Waals surface area contributed by atoms with Crippen molar-refractivity contribution in [2.24, 2.45) is 16.8 Å². The number of guanidine groups is 1. The third-order valence-electron chi connectivity index (χ3n) is 2.81. The summed E-state index contributed by atoms with van der Waals surface area (Å²) in [4.78, 5) is 4.45. The van der Waals surface area contributed by atoms with Gasteiger partial charge < -0.3 is 10.1 Å². The van der Waals surface area contributed by atoms with Crippen LogP contribution in [0.25, 0.3) is 0 Å². The van der Waals surface area contributed by atoms with Crippen LogP contribution in [0.15, 0.2) is 4.99 Å². The van der Waals surface area contributed by atoms with E-state index < -0.39 is 0 Å². The molecule has 1 aliphatic heterocycles. The van der Waals surface area contributed by atoms with E-state index in [0.717, 1.165) is 45.6 Å². The number of hydrogen-bond acceptors (Lipinski definition) is 3. The Kier molecular flexibility index (Phi) is 6.92. The lowest BCUT2D eigenvalue weighted by Crippen LogP contribution is -2.42. The SMILES string of the molecule is CCCCNC(=NCC1CCOCC1)NN. The Morgan fingerprint density at radius 3 is 2.81 bits per heavy atom. The highest BCUT2D eigenvalue weighted by atomic mass is 16.5. The van der Waals surface area contributed by atoms with Crippen LogP contribution in [-0.4, -0.2) is 32.3 Å². The van der Waals surface area contributed by atoms with Gasteiger partial charge in [-0.2, -0.15) is 0 Å². The van der Waals surface area contributed by atoms with Gasteiger partial charge in [-0.1, -0.05) is 13.3 Å². The van der Waals surface area contributed by atoms with Crippen LogP contribution in [-0.2, 0) is 4.74 Å². The largest absolute Gasteiger partial charge is 0.381 e. The van der Waals surface area contributed by atoms with Crippen molar-refractivity contribution in [1.29, 1.82) is 0 Å². The van der Waals surface area contributed by atoms with E-state index in [1.165, 1.54) is 6.42 Å². The lowest BCUT2D eigenvalue weighted by atomic mass is 10.0. The summed E-state index contributed by atoms with van der Waals surface area (Å²) in [5.41, 5.74) is 2.61. The Balaban J connectivity index is 2.22. The van der Waals surface area contributed by atoms with E-state index in [1.54, 1.807) is 0 Å². The maximum atomic E-state index is 5.40. The van der Waals surface area contributed by atoms with Gasteiger partial charge in [0.2, 0.25) is 5.96 Å². The van der Waals surface area contributed by atoms with Gasteiger partial charge in [-0.15, -0.1) is 0 Å². The quantitative estimate of drug-likeness (QED) is 0.212. The van der Waals surface area contributed by atoms with E-state index in [9.17, 15) is 0 Å². The van der Waals surface area contributed by atoms with Gasteiger partial charge in [-0.25, -0.2) is 5.84 Å². The number of nitrogens with zero attached hydrogens (tertiary/aromatic N) is 1. The third kappa shape index (κ3) is 5.32. The van der Waals surface area contributed by atoms with Crippen molar-refractivity contribution in [3.8, 4) is 0 Å². The van der Waals surface area contributed by atoms with E-state index in [4.69, 9.17) is 10.6 Å². The zero-order valence-electron chi connectivity index (χ0n) is 10.2. The van der Waals surface area contributed by atoms with Crippen LogP contribution in [0.2, 0.25) is 0 Å². The van der Waals surface area contributed by atoms with Crippen LogP contribution in [0.5, 0.6) is 0 Å². The number of nitrogens with one attached hydrogen (secondary N) is 2. The number of hydrogen-bond donors (Lipinski definition) is 3. The van der Waals surface area contributed by atoms with Gasteiger partial charge in [0.1, 0.15) is 0 Å². The molecule has 94 valence electrons. The van der Waals surface area contributed by atoms with E-state index >= 15 is 0 Å². The van der Waals surface area contributed by atoms with Crippen molar-refractivity contribution >= 4 is 5.96 Å². The highest BCUT2D eigenvalue weighted by Crippen LogP contribution is 2.14. The predicted octanol–water partition coefficient (Wildman–Crippen LogP) is 0.622. The molecule has 0 spiro atoms. The molecule has 0 atom stereocenters. The molecule has 0 saturated carbocycles. The fourth-order valence-electron chi connectivity index (χ4n) is 1.69. The van der Waals surface area contributed by atoms with Crippen LogP contribution in [0.3, 0.4) is 0 Å². The summed E-state index contributed by atoms with van der Waals surface area (Å²) in [7, 11) is 0. The molecule has 5 nitrogen and oxygen atoms in total. The second kappa shape index (κ2) is 8.35. The Labute approximate surface area is 97.8 Å². The summed E-state index contributed by atoms with van der Waals surface area (Å²) in [5.74, 6) is 6.75. The number of hydrazine groups is 1. The molecule has 1 aliphatic rings. The molecule has 0 radical (unpaired) electrons. The van der Waals surface area contributed by atoms with E-state index in [2.05, 4.69) is 22.7 Å². The highest BCUT2D eigenvalue weighted by molar-refractivity contribution is 5.79. The lowest BCUT2D eigenvalue weighted by molar-refractivity contribution is 0.0689. The van der Waals surface area contributed by atoms with Crippen molar-refractivity contribution in [3.05, 3.63) is 0 Å². The van der Waals surface area contributed by atoms with Crippen LogP contribution < -0.4 is 16.6 Å². The minimum Gasteiger partial charge on any atom is -0.381 e. The third-order valence-corrected chi connectivity index (χ3v) is 2.81. The average molecular weight is 228 g/mol. The first kappa shape index (κ1) is 13.3. The smallest absolute Gasteiger partial charge is 0.205 e. The van der Waals surface area contributed by atoms with Crippen molar-refractivity contribution in [3.63, 3.8) is 0 Å². The molecule has 16 heavy (non-hydrogen) atoms. The molecule has 0 aromatic carbocycles. The van der Waals surface area contributed by atoms with Crippen molar-refractivity contribution in [2.75, 3.05) is 26.3 Å². The molecule has 4 N–H and O–H groups in total. The molecule has 1 saturated heterocycles. The summed E-state index contributed by atoms with van der Waals surface area (Å²) >= 11 is 0. The summed E-state index contributed by atoms with van der Waals surface area (Å²) in [5, 5.41) is 3.19. The van der Waals surface area contributed by atoms with Gasteiger partial charge in [0, 0.05) is 26.3 Å². The number of ether oxygens (including phenoxy) is 1. The first-order valence-electron chi connectivity index (χ1n) is 6.19. The van der Waals surface area contributed by atoms with Gasteiger partial charge in [0.25, 0.3) is 0 Å². The summed E-state index contributed by atoms with van der Waals surface area (Å²) < 4.78 is 5.31. The first-order chi connectivity index (χ1) is 7.86. The molecule has 0 aliphatic carbocycles. The summed E-state index contributed by atoms with van der Waals surface area (Å²) in [6, 6.07) is 0. The van der Waals surface area contributed by atoms with Crippen molar-refractivity contribution in [2.45, 2.75) is 32.6 Å². The molecule has 0 bridgehead atoms. The van der Waals surface area contributed by atoms with Crippen molar-refractivity contribution in [1.82, 2.24) is 10.7 Å². The van der Waals surface area contributed by atoms with Gasteiger partial charge in [-0.05, 0) is 25.2 Å². The standard InChI is InChI=1S/C11H24N4O/c1-2-3-6-13-11(15-12)14-9-10-4-7-16-8-5-10/h10H,2-9,12H2,1H3,(H2,13,14,15). The fraction of sp³-hybridized carbons (Fsp3) is 0.909. The second-order valence-electron chi connectivity index (χ2n) is 4.17. The highest BCUT2D eigenvalue weighted by Gasteiger charge is 2.13. The van der Waals surface area contributed by atoms with Crippen LogP contribution >= 0.6 is 0 Å². The maximum absolute atomic E-state index is 5.40. The monoisotopic (exact) mass is 228 g/mol. The molecule has 1 fully saturated rings. The van der Waals surface area contributed by atoms with Crippen LogP contribution in [0.4, 0.5) is 0 Å². The molecular formula is C11H24N4O. The average Bonchev–Trinajstić information content (AvgIpc) is 2.35. The number of nitrogens with two attached hydrogens (primary N) is 1. The zero-order chi connectivity index (χ0) is 11.6. The molecule has 0 unspecified atom stereocenters. The number of unbranched alkanes of at least 4 members (excludes halogenated alkanes) is 1. The minimum atomic E-state index is 0.644. The first-order valence-corrected chi connectivity index (χ1v) is 6.19. The normalized spacial score (nSPS) is 18.5. The molecular weight excluding hydrogens is 204 g/mol. The van der Waals surface area contributed by atoms with Gasteiger partial charge in [0.05, 0.1) is 0 Å². The second-order valence-corrected chi connectivity index (χ2v) is 4.17. The topological polar surface area (TPSA) is 71.7 Å². The van der Waals surface area contributed by atoms with Crippen molar-refractivity contribution < 1.29 is 4.74 Å².